The Morgan fingerprint density at radius 2 is 1.81 bits per heavy atom. The highest BCUT2D eigenvalue weighted by atomic mass is 32.2. The topological polar surface area (TPSA) is 94.0 Å². The average Bonchev–Trinajstić information content (AvgIpc) is 3.15. The lowest BCUT2D eigenvalue weighted by Gasteiger charge is -2.25. The third kappa shape index (κ3) is 2.99. The maximum Gasteiger partial charge on any atom is 0.273 e. The summed E-state index contributed by atoms with van der Waals surface area (Å²) in [4.78, 5) is 12.8. The molecule has 1 amide bonds. The number of benzene rings is 2. The first-order valence-corrected chi connectivity index (χ1v) is 9.80. The first kappa shape index (κ1) is 16.5. The number of para-hydroxylation sites is 1. The van der Waals surface area contributed by atoms with Gasteiger partial charge in [0.2, 0.25) is 0 Å². The number of carbonyl (C=O) groups is 1. The van der Waals surface area contributed by atoms with E-state index < -0.39 is 9.84 Å². The molecule has 4 rings (SSSR count). The molecule has 0 fully saturated rings. The lowest BCUT2D eigenvalue weighted by Crippen LogP contribution is -2.34. The fourth-order valence-electron chi connectivity index (χ4n) is 3.05. The molecule has 1 aliphatic rings. The third-order valence-electron chi connectivity index (χ3n) is 4.36. The predicted octanol–water partition coefficient (Wildman–Crippen LogP) is 1.92. The Morgan fingerprint density at radius 3 is 2.62 bits per heavy atom. The molecule has 2 heterocycles. The Bertz CT molecular complexity index is 1060. The van der Waals surface area contributed by atoms with Crippen LogP contribution in [-0.4, -0.2) is 35.1 Å². The quantitative estimate of drug-likeness (QED) is 0.762. The highest BCUT2D eigenvalue weighted by molar-refractivity contribution is 7.91. The van der Waals surface area contributed by atoms with Crippen molar-refractivity contribution >= 4 is 15.7 Å². The Labute approximate surface area is 150 Å². The number of rotatable bonds is 3. The Balaban J connectivity index is 1.57. The van der Waals surface area contributed by atoms with Crippen LogP contribution in [-0.2, 0) is 9.84 Å². The van der Waals surface area contributed by atoms with Crippen LogP contribution in [0.4, 0.5) is 0 Å². The molecule has 0 saturated carbocycles. The molecule has 0 aliphatic carbocycles. The molecule has 1 N–H and O–H groups in total. The van der Waals surface area contributed by atoms with Crippen LogP contribution in [0.15, 0.2) is 65.7 Å². The SMILES string of the molecule is O=C(NC1CCS(=O)(=O)c2ccccc21)c1cn(-c2ccccc2)nn1. The molecule has 2 aromatic carbocycles. The van der Waals surface area contributed by atoms with Crippen molar-refractivity contribution in [3.05, 3.63) is 72.1 Å². The maximum absolute atomic E-state index is 12.6. The van der Waals surface area contributed by atoms with Gasteiger partial charge in [-0.05, 0) is 30.2 Å². The molecule has 132 valence electrons. The van der Waals surface area contributed by atoms with Crippen molar-refractivity contribution in [1.82, 2.24) is 20.3 Å². The van der Waals surface area contributed by atoms with Crippen LogP contribution in [0.2, 0.25) is 0 Å². The molecule has 26 heavy (non-hydrogen) atoms. The molecule has 0 radical (unpaired) electrons. The van der Waals surface area contributed by atoms with Crippen molar-refractivity contribution in [2.24, 2.45) is 0 Å². The fraction of sp³-hybridized carbons (Fsp3) is 0.167. The molecule has 8 heteroatoms. The van der Waals surface area contributed by atoms with Gasteiger partial charge in [-0.3, -0.25) is 4.79 Å². The Kier molecular flexibility index (Phi) is 4.04. The summed E-state index contributed by atoms with van der Waals surface area (Å²) in [6.45, 7) is 0. The minimum absolute atomic E-state index is 0.00562. The number of nitrogens with one attached hydrogen (secondary N) is 1. The van der Waals surface area contributed by atoms with Crippen LogP contribution in [0.1, 0.15) is 28.5 Å². The van der Waals surface area contributed by atoms with E-state index in [4.69, 9.17) is 0 Å². The highest BCUT2D eigenvalue weighted by Gasteiger charge is 2.31. The van der Waals surface area contributed by atoms with Crippen molar-refractivity contribution in [1.29, 1.82) is 0 Å². The monoisotopic (exact) mass is 368 g/mol. The third-order valence-corrected chi connectivity index (χ3v) is 6.17. The summed E-state index contributed by atoms with van der Waals surface area (Å²) in [5, 5.41) is 10.8. The van der Waals surface area contributed by atoms with Crippen LogP contribution < -0.4 is 5.32 Å². The second kappa shape index (κ2) is 6.38. The zero-order valence-electron chi connectivity index (χ0n) is 13.7. The van der Waals surface area contributed by atoms with Crippen molar-refractivity contribution < 1.29 is 13.2 Å². The molecule has 0 saturated heterocycles. The van der Waals surface area contributed by atoms with Gasteiger partial charge >= 0.3 is 0 Å². The summed E-state index contributed by atoms with van der Waals surface area (Å²) < 4.78 is 25.9. The van der Waals surface area contributed by atoms with Crippen molar-refractivity contribution in [3.63, 3.8) is 0 Å². The second-order valence-corrected chi connectivity index (χ2v) is 8.13. The van der Waals surface area contributed by atoms with Crippen molar-refractivity contribution in [2.75, 3.05) is 5.75 Å². The minimum Gasteiger partial charge on any atom is -0.344 e. The van der Waals surface area contributed by atoms with E-state index >= 15 is 0 Å². The molecule has 7 nitrogen and oxygen atoms in total. The molecule has 1 unspecified atom stereocenters. The fourth-order valence-corrected chi connectivity index (χ4v) is 4.67. The number of aromatic nitrogens is 3. The molecule has 3 aromatic rings. The first-order valence-electron chi connectivity index (χ1n) is 8.15. The van der Waals surface area contributed by atoms with Crippen molar-refractivity contribution in [2.45, 2.75) is 17.4 Å². The predicted molar refractivity (Wildman–Crippen MR) is 94.7 cm³/mol. The lowest BCUT2D eigenvalue weighted by atomic mass is 10.0. The molecular formula is C18H16N4O3S. The van der Waals surface area contributed by atoms with Gasteiger partial charge in [0.25, 0.3) is 5.91 Å². The van der Waals surface area contributed by atoms with E-state index in [0.717, 1.165) is 5.69 Å². The molecule has 1 aliphatic heterocycles. The zero-order chi connectivity index (χ0) is 18.1. The van der Waals surface area contributed by atoms with E-state index in [1.807, 2.05) is 30.3 Å². The number of fused-ring (bicyclic) bond motifs is 1. The number of hydrogen-bond acceptors (Lipinski definition) is 5. The molecule has 1 atom stereocenters. The lowest BCUT2D eigenvalue weighted by molar-refractivity contribution is 0.0929. The molecule has 0 bridgehead atoms. The van der Waals surface area contributed by atoms with Gasteiger partial charge in [-0.1, -0.05) is 41.6 Å². The van der Waals surface area contributed by atoms with Crippen LogP contribution >= 0.6 is 0 Å². The van der Waals surface area contributed by atoms with E-state index in [1.54, 1.807) is 30.5 Å². The smallest absolute Gasteiger partial charge is 0.273 e. The van der Waals surface area contributed by atoms with Gasteiger partial charge in [0.15, 0.2) is 15.5 Å². The van der Waals surface area contributed by atoms with Crippen LogP contribution in [0.5, 0.6) is 0 Å². The molecule has 1 aromatic heterocycles. The van der Waals surface area contributed by atoms with Gasteiger partial charge in [-0.2, -0.15) is 0 Å². The van der Waals surface area contributed by atoms with Crippen LogP contribution in [0.25, 0.3) is 5.69 Å². The Hall–Kier alpha value is -3.00. The normalized spacial score (nSPS) is 18.1. The summed E-state index contributed by atoms with van der Waals surface area (Å²) in [5.41, 5.74) is 1.59. The van der Waals surface area contributed by atoms with Gasteiger partial charge in [0, 0.05) is 0 Å². The van der Waals surface area contributed by atoms with Gasteiger partial charge in [0.1, 0.15) is 0 Å². The summed E-state index contributed by atoms with van der Waals surface area (Å²) in [7, 11) is -3.29. The zero-order valence-corrected chi connectivity index (χ0v) is 14.6. The first-order chi connectivity index (χ1) is 12.5. The van der Waals surface area contributed by atoms with E-state index in [0.29, 0.717) is 12.0 Å². The maximum atomic E-state index is 12.6. The summed E-state index contributed by atoms with van der Waals surface area (Å²) in [6, 6.07) is 15.7. The van der Waals surface area contributed by atoms with Gasteiger partial charge in [-0.25, -0.2) is 13.1 Å². The van der Waals surface area contributed by atoms with E-state index in [9.17, 15) is 13.2 Å². The standard InChI is InChI=1S/C18H16N4O3S/c23-18(16-12-22(21-20-16)13-6-2-1-3-7-13)19-15-10-11-26(24,25)17-9-5-4-8-14(15)17/h1-9,12,15H,10-11H2,(H,19,23). The summed E-state index contributed by atoms with van der Waals surface area (Å²) in [5.74, 6) is -0.377. The second-order valence-electron chi connectivity index (χ2n) is 6.06. The molecule has 0 spiro atoms. The van der Waals surface area contributed by atoms with Gasteiger partial charge in [0.05, 0.1) is 28.6 Å². The van der Waals surface area contributed by atoms with Crippen LogP contribution in [0.3, 0.4) is 0 Å². The van der Waals surface area contributed by atoms with E-state index in [1.165, 1.54) is 4.68 Å². The summed E-state index contributed by atoms with van der Waals surface area (Å²) >= 11 is 0. The largest absolute Gasteiger partial charge is 0.344 e. The highest BCUT2D eigenvalue weighted by Crippen LogP contribution is 2.31. The van der Waals surface area contributed by atoms with Gasteiger partial charge in [-0.15, -0.1) is 5.10 Å². The number of sulfone groups is 1. The van der Waals surface area contributed by atoms with Crippen molar-refractivity contribution in [3.8, 4) is 5.69 Å². The van der Waals surface area contributed by atoms with Gasteiger partial charge < -0.3 is 5.32 Å². The summed E-state index contributed by atoms with van der Waals surface area (Å²) in [6.07, 6.45) is 1.88. The number of amides is 1. The number of carbonyl (C=O) groups excluding carboxylic acids is 1. The average molecular weight is 368 g/mol. The Morgan fingerprint density at radius 1 is 1.08 bits per heavy atom. The van der Waals surface area contributed by atoms with E-state index in [2.05, 4.69) is 15.6 Å². The number of hydrogen-bond donors (Lipinski definition) is 1. The van der Waals surface area contributed by atoms with E-state index in [-0.39, 0.29) is 28.3 Å². The number of nitrogens with zero attached hydrogens (tertiary/aromatic N) is 3. The minimum atomic E-state index is -3.29. The molecular weight excluding hydrogens is 352 g/mol. The van der Waals surface area contributed by atoms with Crippen LogP contribution in [0, 0.1) is 0 Å².